The van der Waals surface area contributed by atoms with Gasteiger partial charge in [0.05, 0.1) is 0 Å². The van der Waals surface area contributed by atoms with E-state index in [9.17, 15) is 0 Å². The first kappa shape index (κ1) is 10.9. The molecular weight excluding hydrogens is 151 g/mol. The summed E-state index contributed by atoms with van der Waals surface area (Å²) in [6, 6.07) is 0. The maximum Gasteiger partial charge on any atom is -0.0144 e. The summed E-state index contributed by atoms with van der Waals surface area (Å²) >= 11 is 0. The van der Waals surface area contributed by atoms with Crippen molar-refractivity contribution in [3.05, 3.63) is 23.3 Å². The zero-order valence-electron chi connectivity index (χ0n) is 8.31. The molecule has 0 aliphatic carbocycles. The lowest BCUT2D eigenvalue weighted by Gasteiger charge is -2.00. The van der Waals surface area contributed by atoms with Crippen LogP contribution in [-0.2, 0) is 0 Å². The largest absolute Gasteiger partial charge is 0.109 e. The number of rotatable bonds is 3. The third-order valence-corrected chi connectivity index (χ3v) is 2.21. The molecule has 0 spiro atoms. The van der Waals surface area contributed by atoms with Crippen molar-refractivity contribution in [3.63, 3.8) is 0 Å². The SMILES string of the molecule is CC(C)=CC(C)=CCP(C)C. The van der Waals surface area contributed by atoms with E-state index in [1.807, 2.05) is 0 Å². The first-order valence-corrected chi connectivity index (χ1v) is 6.41. The van der Waals surface area contributed by atoms with Gasteiger partial charge in [0.15, 0.2) is 0 Å². The van der Waals surface area contributed by atoms with E-state index in [1.54, 1.807) is 0 Å². The molecule has 0 nitrogen and oxygen atoms in total. The Morgan fingerprint density at radius 3 is 2.09 bits per heavy atom. The van der Waals surface area contributed by atoms with Crippen LogP contribution in [0, 0.1) is 0 Å². The van der Waals surface area contributed by atoms with E-state index < -0.39 is 0 Å². The molecule has 0 rings (SSSR count). The summed E-state index contributed by atoms with van der Waals surface area (Å²) < 4.78 is 0. The van der Waals surface area contributed by atoms with Gasteiger partial charge in [0.2, 0.25) is 0 Å². The average molecular weight is 170 g/mol. The molecule has 0 aromatic rings. The van der Waals surface area contributed by atoms with Crippen molar-refractivity contribution in [3.8, 4) is 0 Å². The first-order valence-electron chi connectivity index (χ1n) is 3.98. The molecule has 11 heavy (non-hydrogen) atoms. The average Bonchev–Trinajstić information content (AvgIpc) is 1.82. The molecule has 0 fully saturated rings. The van der Waals surface area contributed by atoms with E-state index in [0.29, 0.717) is 0 Å². The van der Waals surface area contributed by atoms with Gasteiger partial charge in [-0.1, -0.05) is 23.3 Å². The fourth-order valence-corrected chi connectivity index (χ4v) is 1.49. The number of allylic oxidation sites excluding steroid dienone is 4. The Hall–Kier alpha value is -0.0900. The van der Waals surface area contributed by atoms with Crippen LogP contribution in [-0.4, -0.2) is 19.5 Å². The summed E-state index contributed by atoms with van der Waals surface area (Å²) in [6.45, 7) is 11.1. The Morgan fingerprint density at radius 1 is 1.18 bits per heavy atom. The van der Waals surface area contributed by atoms with E-state index in [0.717, 1.165) is 0 Å². The maximum absolute atomic E-state index is 2.33. The lowest BCUT2D eigenvalue weighted by molar-refractivity contribution is 1.34. The molecule has 0 aromatic carbocycles. The Morgan fingerprint density at radius 2 is 1.73 bits per heavy atom. The summed E-state index contributed by atoms with van der Waals surface area (Å²) in [5, 5.41) is 0. The van der Waals surface area contributed by atoms with Crippen LogP contribution in [0.2, 0.25) is 0 Å². The van der Waals surface area contributed by atoms with Crippen molar-refractivity contribution < 1.29 is 0 Å². The van der Waals surface area contributed by atoms with Crippen LogP contribution in [0.25, 0.3) is 0 Å². The second kappa shape index (κ2) is 5.55. The standard InChI is InChI=1S/C10H19P/c1-9(2)8-10(3)6-7-11(4)5/h6,8H,7H2,1-5H3. The second-order valence-corrected chi connectivity index (χ2v) is 5.96. The normalized spacial score (nSPS) is 12.0. The Kier molecular flexibility index (Phi) is 5.50. The predicted octanol–water partition coefficient (Wildman–Crippen LogP) is 3.64. The Labute approximate surface area is 72.1 Å². The van der Waals surface area contributed by atoms with E-state index in [4.69, 9.17) is 0 Å². The molecular formula is C10H19P. The molecule has 0 aliphatic rings. The maximum atomic E-state index is 2.33. The van der Waals surface area contributed by atoms with Crippen LogP contribution in [0.4, 0.5) is 0 Å². The molecule has 0 saturated carbocycles. The number of hydrogen-bond acceptors (Lipinski definition) is 0. The van der Waals surface area contributed by atoms with Crippen LogP contribution in [0.1, 0.15) is 20.8 Å². The summed E-state index contributed by atoms with van der Waals surface area (Å²) in [4.78, 5) is 0. The predicted molar refractivity (Wildman–Crippen MR) is 56.8 cm³/mol. The van der Waals surface area contributed by atoms with E-state index >= 15 is 0 Å². The molecule has 64 valence electrons. The molecule has 0 radical (unpaired) electrons. The summed E-state index contributed by atoms with van der Waals surface area (Å²) in [7, 11) is 0.236. The van der Waals surface area contributed by atoms with Gasteiger partial charge in [-0.3, -0.25) is 0 Å². The fourth-order valence-electron chi connectivity index (χ4n) is 0.841. The minimum absolute atomic E-state index is 0.236. The van der Waals surface area contributed by atoms with Gasteiger partial charge in [-0.15, -0.1) is 7.92 Å². The van der Waals surface area contributed by atoms with Gasteiger partial charge in [-0.05, 0) is 40.3 Å². The van der Waals surface area contributed by atoms with Crippen LogP contribution in [0.3, 0.4) is 0 Å². The summed E-state index contributed by atoms with van der Waals surface area (Å²) in [5.41, 5.74) is 2.79. The van der Waals surface area contributed by atoms with Gasteiger partial charge >= 0.3 is 0 Å². The molecule has 0 unspecified atom stereocenters. The number of hydrogen-bond donors (Lipinski definition) is 0. The van der Waals surface area contributed by atoms with Crippen molar-refractivity contribution in [1.82, 2.24) is 0 Å². The van der Waals surface area contributed by atoms with Crippen molar-refractivity contribution in [2.24, 2.45) is 0 Å². The molecule has 0 N–H and O–H groups in total. The van der Waals surface area contributed by atoms with Crippen LogP contribution in [0.15, 0.2) is 23.3 Å². The van der Waals surface area contributed by atoms with Gasteiger partial charge in [0, 0.05) is 0 Å². The van der Waals surface area contributed by atoms with Crippen LogP contribution in [0.5, 0.6) is 0 Å². The lowest BCUT2D eigenvalue weighted by atomic mass is 10.2. The smallest absolute Gasteiger partial charge is 0.0144 e. The fraction of sp³-hybridized carbons (Fsp3) is 0.600. The van der Waals surface area contributed by atoms with E-state index in [2.05, 4.69) is 46.3 Å². The molecule has 0 bridgehead atoms. The highest BCUT2D eigenvalue weighted by Gasteiger charge is 1.88. The minimum Gasteiger partial charge on any atom is -0.109 e. The monoisotopic (exact) mass is 170 g/mol. The third kappa shape index (κ3) is 7.81. The van der Waals surface area contributed by atoms with Crippen LogP contribution < -0.4 is 0 Å². The van der Waals surface area contributed by atoms with Gasteiger partial charge in [-0.2, -0.15) is 0 Å². The van der Waals surface area contributed by atoms with Gasteiger partial charge in [0.1, 0.15) is 0 Å². The van der Waals surface area contributed by atoms with E-state index in [-0.39, 0.29) is 7.92 Å². The second-order valence-electron chi connectivity index (χ2n) is 3.43. The summed E-state index contributed by atoms with van der Waals surface area (Å²) in [5.74, 6) is 0. The van der Waals surface area contributed by atoms with Crippen molar-refractivity contribution in [2.75, 3.05) is 19.5 Å². The highest BCUT2D eigenvalue weighted by molar-refractivity contribution is 7.56. The van der Waals surface area contributed by atoms with Gasteiger partial charge in [-0.25, -0.2) is 0 Å². The van der Waals surface area contributed by atoms with E-state index in [1.165, 1.54) is 17.3 Å². The molecule has 0 atom stereocenters. The lowest BCUT2D eigenvalue weighted by Crippen LogP contribution is -1.77. The minimum atomic E-state index is 0.236. The molecule has 0 aromatic heterocycles. The summed E-state index contributed by atoms with van der Waals surface area (Å²) in [6.07, 6.45) is 5.82. The topological polar surface area (TPSA) is 0 Å². The van der Waals surface area contributed by atoms with Gasteiger partial charge < -0.3 is 0 Å². The van der Waals surface area contributed by atoms with Crippen molar-refractivity contribution in [2.45, 2.75) is 20.8 Å². The van der Waals surface area contributed by atoms with Gasteiger partial charge in [0.25, 0.3) is 0 Å². The zero-order valence-corrected chi connectivity index (χ0v) is 9.20. The van der Waals surface area contributed by atoms with Crippen molar-refractivity contribution in [1.29, 1.82) is 0 Å². The molecule has 0 heterocycles. The third-order valence-electron chi connectivity index (χ3n) is 1.29. The highest BCUT2D eigenvalue weighted by atomic mass is 31.1. The van der Waals surface area contributed by atoms with Crippen molar-refractivity contribution >= 4 is 7.92 Å². The molecule has 0 aliphatic heterocycles. The Balaban J connectivity index is 3.92. The highest BCUT2D eigenvalue weighted by Crippen LogP contribution is 2.24. The Bertz CT molecular complexity index is 160. The molecule has 1 heteroatoms. The quantitative estimate of drug-likeness (QED) is 0.448. The van der Waals surface area contributed by atoms with Crippen LogP contribution >= 0.6 is 7.92 Å². The molecule has 0 saturated heterocycles. The zero-order chi connectivity index (χ0) is 8.85. The first-order chi connectivity index (χ1) is 5.02. The molecule has 0 amide bonds.